The number of carbonyl (C=O) groups excluding carboxylic acids is 2. The molecule has 1 aliphatic heterocycles. The number of piperidine rings is 1. The Kier molecular flexibility index (Phi) is 9.22. The Morgan fingerprint density at radius 3 is 2.47 bits per heavy atom. The van der Waals surface area contributed by atoms with Crippen molar-refractivity contribution in [3.05, 3.63) is 71.1 Å². The molecule has 3 aromatic rings. The number of benzene rings is 2. The minimum absolute atomic E-state index is 0.0838. The number of aryl methyl sites for hydroxylation is 1. The summed E-state index contributed by atoms with van der Waals surface area (Å²) in [5, 5.41) is 20.2. The number of nitrogens with zero attached hydrogens (tertiary/aromatic N) is 5. The van der Waals surface area contributed by atoms with Crippen LogP contribution in [0.5, 0.6) is 0 Å². The van der Waals surface area contributed by atoms with E-state index in [9.17, 15) is 36.4 Å². The summed E-state index contributed by atoms with van der Waals surface area (Å²) in [6.07, 6.45) is -4.04. The fraction of sp³-hybridized carbons (Fsp3) is 0.346. The van der Waals surface area contributed by atoms with Crippen molar-refractivity contribution in [2.45, 2.75) is 37.8 Å². The zero-order chi connectivity index (χ0) is 31.4. The first-order valence-corrected chi connectivity index (χ1v) is 14.3. The van der Waals surface area contributed by atoms with Gasteiger partial charge < -0.3 is 14.8 Å². The molecule has 0 spiro atoms. The SMILES string of the molecule is CC(=O)OCO/N=[N+](/[O-])N1CCCC(C(=O)NS(=O)(=O)c2ccc(-n3nc(C(F)(F)F)cc3-c3ccc(C)cc3)cc2)C1. The van der Waals surface area contributed by atoms with Gasteiger partial charge in [-0.25, -0.2) is 17.8 Å². The van der Waals surface area contributed by atoms with Crippen LogP contribution in [0.1, 0.15) is 31.0 Å². The van der Waals surface area contributed by atoms with Crippen LogP contribution in [0.3, 0.4) is 0 Å². The van der Waals surface area contributed by atoms with Crippen LogP contribution in [-0.4, -0.2) is 59.9 Å². The first-order chi connectivity index (χ1) is 20.2. The van der Waals surface area contributed by atoms with Crippen LogP contribution in [0.4, 0.5) is 13.2 Å². The molecule has 0 aliphatic carbocycles. The highest BCUT2D eigenvalue weighted by molar-refractivity contribution is 7.90. The lowest BCUT2D eigenvalue weighted by atomic mass is 9.99. The molecule has 1 saturated heterocycles. The number of aromatic nitrogens is 2. The number of esters is 1. The number of ether oxygens (including phenoxy) is 1. The van der Waals surface area contributed by atoms with Gasteiger partial charge in [0.05, 0.1) is 40.3 Å². The maximum Gasteiger partial charge on any atom is 0.435 e. The number of alkyl halides is 3. The third-order valence-electron chi connectivity index (χ3n) is 6.43. The summed E-state index contributed by atoms with van der Waals surface area (Å²) in [6, 6.07) is 12.5. The van der Waals surface area contributed by atoms with Crippen LogP contribution in [0.2, 0.25) is 0 Å². The summed E-state index contributed by atoms with van der Waals surface area (Å²) in [5.74, 6) is -2.38. The summed E-state index contributed by atoms with van der Waals surface area (Å²) < 4.78 is 73.9. The third kappa shape index (κ3) is 7.79. The number of nitrogens with one attached hydrogen (secondary N) is 1. The molecule has 1 atom stereocenters. The molecule has 0 bridgehead atoms. The summed E-state index contributed by atoms with van der Waals surface area (Å²) in [4.78, 5) is 27.9. The van der Waals surface area contributed by atoms with Crippen LogP contribution < -0.4 is 4.72 Å². The molecule has 0 radical (unpaired) electrons. The van der Waals surface area contributed by atoms with Crippen molar-refractivity contribution in [1.82, 2.24) is 19.5 Å². The standard InChI is InChI=1S/C26H27F3N6O7S/c1-17-5-7-19(8-6-17)23-14-24(26(27,28)29)30-34(23)21-9-11-22(12-10-21)43(39,40)31-25(37)20-4-3-13-33(15-20)35(38)32-42-16-41-18(2)36/h5-12,14,20H,3-4,13,15-16H2,1-2H3,(H,31,37)/b35-32+. The van der Waals surface area contributed by atoms with Gasteiger partial charge in [0.15, 0.2) is 5.69 Å². The van der Waals surface area contributed by atoms with Crippen molar-refractivity contribution in [3.63, 3.8) is 0 Å². The molecule has 1 aliphatic rings. The van der Waals surface area contributed by atoms with Crippen molar-refractivity contribution < 1.29 is 45.7 Å². The van der Waals surface area contributed by atoms with Crippen LogP contribution in [-0.2, 0) is 35.4 Å². The number of amides is 1. The number of hydrazine groups is 1. The van der Waals surface area contributed by atoms with Crippen molar-refractivity contribution in [2.75, 3.05) is 19.9 Å². The molecule has 1 fully saturated rings. The largest absolute Gasteiger partial charge is 0.569 e. The second kappa shape index (κ2) is 12.7. The normalized spacial score (nSPS) is 16.1. The Balaban J connectivity index is 1.48. The lowest BCUT2D eigenvalue weighted by Crippen LogP contribution is -2.46. The molecule has 17 heteroatoms. The van der Waals surface area contributed by atoms with E-state index in [1.54, 1.807) is 24.3 Å². The van der Waals surface area contributed by atoms with Gasteiger partial charge in [-0.3, -0.25) is 9.59 Å². The molecule has 0 saturated carbocycles. The summed E-state index contributed by atoms with van der Waals surface area (Å²) in [6.45, 7) is 2.45. The molecule has 2 heterocycles. The topological polar surface area (TPSA) is 158 Å². The van der Waals surface area contributed by atoms with E-state index in [1.165, 1.54) is 12.1 Å². The Hall–Kier alpha value is -4.67. The van der Waals surface area contributed by atoms with Gasteiger partial charge in [-0.05, 0) is 50.1 Å². The van der Waals surface area contributed by atoms with Gasteiger partial charge in [0, 0.05) is 12.5 Å². The van der Waals surface area contributed by atoms with E-state index in [0.717, 1.165) is 40.4 Å². The predicted molar refractivity (Wildman–Crippen MR) is 142 cm³/mol. The van der Waals surface area contributed by atoms with E-state index in [0.29, 0.717) is 18.4 Å². The van der Waals surface area contributed by atoms with E-state index < -0.39 is 46.5 Å². The Morgan fingerprint density at radius 2 is 1.84 bits per heavy atom. The van der Waals surface area contributed by atoms with Gasteiger partial charge in [-0.15, -0.1) is 5.01 Å². The smallest absolute Gasteiger partial charge is 0.435 e. The van der Waals surface area contributed by atoms with Crippen LogP contribution in [0.15, 0.2) is 64.8 Å². The van der Waals surface area contributed by atoms with Crippen LogP contribution >= 0.6 is 0 Å². The van der Waals surface area contributed by atoms with Crippen molar-refractivity contribution in [1.29, 1.82) is 0 Å². The summed E-state index contributed by atoms with van der Waals surface area (Å²) in [5.41, 5.74) is 0.575. The zero-order valence-corrected chi connectivity index (χ0v) is 23.8. The second-order valence-corrected chi connectivity index (χ2v) is 11.3. The molecule has 1 N–H and O–H groups in total. The fourth-order valence-corrected chi connectivity index (χ4v) is 5.29. The lowest BCUT2D eigenvalue weighted by molar-refractivity contribution is -0.714. The van der Waals surface area contributed by atoms with Gasteiger partial charge in [-0.2, -0.15) is 18.3 Å². The number of rotatable bonds is 9. The van der Waals surface area contributed by atoms with Crippen LogP contribution in [0.25, 0.3) is 16.9 Å². The van der Waals surface area contributed by atoms with E-state index >= 15 is 0 Å². The molecule has 13 nitrogen and oxygen atoms in total. The van der Waals surface area contributed by atoms with Crippen molar-refractivity contribution in [2.24, 2.45) is 11.2 Å². The third-order valence-corrected chi connectivity index (χ3v) is 7.79. The molecule has 1 unspecified atom stereocenters. The highest BCUT2D eigenvalue weighted by atomic mass is 32.2. The van der Waals surface area contributed by atoms with Crippen LogP contribution in [0, 0.1) is 18.0 Å². The predicted octanol–water partition coefficient (Wildman–Crippen LogP) is 3.71. The molecule has 1 amide bonds. The summed E-state index contributed by atoms with van der Waals surface area (Å²) >= 11 is 0. The van der Waals surface area contributed by atoms with Crippen molar-refractivity contribution in [3.8, 4) is 16.9 Å². The number of carbonyl (C=O) groups is 2. The van der Waals surface area contributed by atoms with Gasteiger partial charge >= 0.3 is 12.1 Å². The maximum atomic E-state index is 13.5. The van der Waals surface area contributed by atoms with E-state index in [2.05, 4.69) is 20.0 Å². The van der Waals surface area contributed by atoms with Crippen molar-refractivity contribution >= 4 is 21.9 Å². The quantitative estimate of drug-likeness (QED) is 0.0936. The monoisotopic (exact) mass is 624 g/mol. The molecular weight excluding hydrogens is 597 g/mol. The second-order valence-electron chi connectivity index (χ2n) is 9.62. The van der Waals surface area contributed by atoms with Gasteiger partial charge in [0.1, 0.15) is 0 Å². The minimum atomic E-state index is -4.71. The number of halogens is 3. The molecule has 2 aromatic carbocycles. The van der Waals surface area contributed by atoms with Gasteiger partial charge in [0.2, 0.25) is 11.2 Å². The van der Waals surface area contributed by atoms with E-state index in [1.807, 2.05) is 11.6 Å². The fourth-order valence-electron chi connectivity index (χ4n) is 4.25. The highest BCUT2D eigenvalue weighted by Gasteiger charge is 2.36. The average Bonchev–Trinajstić information content (AvgIpc) is 3.42. The van der Waals surface area contributed by atoms with Gasteiger partial charge in [-0.1, -0.05) is 29.8 Å². The Bertz CT molecular complexity index is 1610. The zero-order valence-electron chi connectivity index (χ0n) is 22.9. The number of hydrogen-bond donors (Lipinski definition) is 1. The molecule has 1 aromatic heterocycles. The first kappa shape index (κ1) is 31.3. The molecule has 230 valence electrons. The Morgan fingerprint density at radius 1 is 1.16 bits per heavy atom. The molecule has 4 rings (SSSR count). The Labute approximate surface area is 244 Å². The van der Waals surface area contributed by atoms with E-state index in [-0.39, 0.29) is 34.3 Å². The van der Waals surface area contributed by atoms with E-state index in [4.69, 9.17) is 0 Å². The molecular formula is C26H27F3N6O7S. The lowest BCUT2D eigenvalue weighted by Gasteiger charge is -2.27. The number of sulfonamides is 1. The minimum Gasteiger partial charge on any atom is -0.569 e. The van der Waals surface area contributed by atoms with Gasteiger partial charge in [0.25, 0.3) is 16.8 Å². The highest BCUT2D eigenvalue weighted by Crippen LogP contribution is 2.33. The number of hydrogen-bond acceptors (Lipinski definition) is 9. The average molecular weight is 625 g/mol. The molecule has 43 heavy (non-hydrogen) atoms. The maximum absolute atomic E-state index is 13.5. The first-order valence-electron chi connectivity index (χ1n) is 12.8. The summed E-state index contributed by atoms with van der Waals surface area (Å²) in [7, 11) is -4.37.